The highest BCUT2D eigenvalue weighted by atomic mass is 16.4. The van der Waals surface area contributed by atoms with Gasteiger partial charge in [-0.15, -0.1) is 0 Å². The van der Waals surface area contributed by atoms with Gasteiger partial charge in [0.05, 0.1) is 0 Å². The molecule has 1 aromatic rings. The van der Waals surface area contributed by atoms with Crippen molar-refractivity contribution in [2.45, 2.75) is 84.0 Å². The lowest BCUT2D eigenvalue weighted by atomic mass is 10.1. The summed E-state index contributed by atoms with van der Waals surface area (Å²) in [6.07, 6.45) is 12.9. The van der Waals surface area contributed by atoms with Gasteiger partial charge in [0.1, 0.15) is 11.5 Å². The van der Waals surface area contributed by atoms with Crippen molar-refractivity contribution in [2.75, 3.05) is 0 Å². The number of carboxylic acid groups (broad SMARTS) is 1. The number of aryl methyl sites for hydroxylation is 2. The van der Waals surface area contributed by atoms with E-state index < -0.39 is 5.97 Å². The van der Waals surface area contributed by atoms with Crippen molar-refractivity contribution in [3.8, 4) is 0 Å². The molecule has 0 aliphatic carbocycles. The van der Waals surface area contributed by atoms with Gasteiger partial charge in [-0.2, -0.15) is 0 Å². The Balaban J connectivity index is 2.05. The highest BCUT2D eigenvalue weighted by Crippen LogP contribution is 2.15. The first kappa shape index (κ1) is 17.8. The van der Waals surface area contributed by atoms with E-state index >= 15 is 0 Å². The normalized spacial score (nSPS) is 10.9. The van der Waals surface area contributed by atoms with Crippen molar-refractivity contribution >= 4 is 5.97 Å². The summed E-state index contributed by atoms with van der Waals surface area (Å²) in [5.41, 5.74) is 0. The fourth-order valence-corrected chi connectivity index (χ4v) is 2.52. The Labute approximate surface area is 128 Å². The quantitative estimate of drug-likeness (QED) is 0.497. The van der Waals surface area contributed by atoms with Gasteiger partial charge in [0.25, 0.3) is 0 Å². The maximum Gasteiger partial charge on any atom is 0.303 e. The highest BCUT2D eigenvalue weighted by molar-refractivity contribution is 5.66. The molecule has 0 bridgehead atoms. The Morgan fingerprint density at radius 3 is 2.00 bits per heavy atom. The highest BCUT2D eigenvalue weighted by Gasteiger charge is 2.03. The molecule has 1 N–H and O–H groups in total. The third-order valence-electron chi connectivity index (χ3n) is 3.81. The van der Waals surface area contributed by atoms with E-state index in [1.165, 1.54) is 38.5 Å². The zero-order valence-electron chi connectivity index (χ0n) is 13.4. The molecule has 21 heavy (non-hydrogen) atoms. The van der Waals surface area contributed by atoms with Crippen LogP contribution in [0.25, 0.3) is 0 Å². The van der Waals surface area contributed by atoms with Crippen LogP contribution in [0.15, 0.2) is 16.5 Å². The van der Waals surface area contributed by atoms with Crippen LogP contribution in [0, 0.1) is 0 Å². The van der Waals surface area contributed by atoms with Gasteiger partial charge in [-0.25, -0.2) is 0 Å². The monoisotopic (exact) mass is 294 g/mol. The number of furan rings is 1. The maximum atomic E-state index is 10.4. The average Bonchev–Trinajstić information content (AvgIpc) is 2.90. The van der Waals surface area contributed by atoms with Crippen molar-refractivity contribution in [3.05, 3.63) is 23.7 Å². The summed E-state index contributed by atoms with van der Waals surface area (Å²) >= 11 is 0. The Kier molecular flexibility index (Phi) is 9.68. The number of carbonyl (C=O) groups is 1. The second-order valence-corrected chi connectivity index (χ2v) is 5.84. The van der Waals surface area contributed by atoms with Crippen LogP contribution in [-0.2, 0) is 17.6 Å². The molecule has 0 saturated carbocycles. The van der Waals surface area contributed by atoms with E-state index in [-0.39, 0.29) is 6.42 Å². The van der Waals surface area contributed by atoms with Crippen molar-refractivity contribution in [2.24, 2.45) is 0 Å². The van der Waals surface area contributed by atoms with Crippen LogP contribution in [0.2, 0.25) is 0 Å². The number of hydrogen-bond donors (Lipinski definition) is 1. The zero-order valence-corrected chi connectivity index (χ0v) is 13.4. The lowest BCUT2D eigenvalue weighted by molar-refractivity contribution is -0.137. The Hall–Kier alpha value is -1.25. The third kappa shape index (κ3) is 9.33. The summed E-state index contributed by atoms with van der Waals surface area (Å²) in [5.74, 6) is 1.45. The summed E-state index contributed by atoms with van der Waals surface area (Å²) < 4.78 is 5.82. The zero-order chi connectivity index (χ0) is 15.3. The van der Waals surface area contributed by atoms with Crippen molar-refractivity contribution in [1.29, 1.82) is 0 Å². The van der Waals surface area contributed by atoms with Gasteiger partial charge in [0.15, 0.2) is 0 Å². The second kappa shape index (κ2) is 11.4. The van der Waals surface area contributed by atoms with E-state index in [1.807, 2.05) is 0 Å². The standard InChI is InChI=1S/C18H30O3/c1-2-3-4-5-6-8-11-16-14-15-17(21-16)12-9-7-10-13-18(19)20/h14-15H,2-13H2,1H3,(H,19,20). The molecule has 0 amide bonds. The average molecular weight is 294 g/mol. The second-order valence-electron chi connectivity index (χ2n) is 5.84. The molecule has 1 heterocycles. The molecule has 0 atom stereocenters. The van der Waals surface area contributed by atoms with Gasteiger partial charge >= 0.3 is 5.97 Å². The summed E-state index contributed by atoms with van der Waals surface area (Å²) in [7, 11) is 0. The number of hydrogen-bond acceptors (Lipinski definition) is 2. The molecule has 0 aliphatic rings. The van der Waals surface area contributed by atoms with E-state index in [4.69, 9.17) is 9.52 Å². The maximum absolute atomic E-state index is 10.4. The van der Waals surface area contributed by atoms with Gasteiger partial charge in [0.2, 0.25) is 0 Å². The van der Waals surface area contributed by atoms with Crippen molar-refractivity contribution in [1.82, 2.24) is 0 Å². The van der Waals surface area contributed by atoms with Crippen LogP contribution in [0.3, 0.4) is 0 Å². The van der Waals surface area contributed by atoms with E-state index in [2.05, 4.69) is 19.1 Å². The van der Waals surface area contributed by atoms with Gasteiger partial charge in [-0.05, 0) is 31.4 Å². The molecule has 3 nitrogen and oxygen atoms in total. The molecule has 0 spiro atoms. The number of unbranched alkanes of at least 4 members (excludes halogenated alkanes) is 7. The summed E-state index contributed by atoms with van der Waals surface area (Å²) in [6.45, 7) is 2.24. The van der Waals surface area contributed by atoms with Crippen LogP contribution < -0.4 is 0 Å². The number of rotatable bonds is 13. The third-order valence-corrected chi connectivity index (χ3v) is 3.81. The molecule has 0 unspecified atom stereocenters. The molecule has 0 radical (unpaired) electrons. The minimum Gasteiger partial charge on any atom is -0.481 e. The van der Waals surface area contributed by atoms with E-state index in [9.17, 15) is 4.79 Å². The minimum absolute atomic E-state index is 0.279. The Morgan fingerprint density at radius 1 is 0.905 bits per heavy atom. The van der Waals surface area contributed by atoms with Gasteiger partial charge in [0, 0.05) is 19.3 Å². The van der Waals surface area contributed by atoms with Gasteiger partial charge in [-0.3, -0.25) is 4.79 Å². The first-order valence-corrected chi connectivity index (χ1v) is 8.51. The van der Waals surface area contributed by atoms with Crippen LogP contribution in [0.4, 0.5) is 0 Å². The smallest absolute Gasteiger partial charge is 0.303 e. The Morgan fingerprint density at radius 2 is 1.43 bits per heavy atom. The molecule has 0 saturated heterocycles. The van der Waals surface area contributed by atoms with E-state index in [1.54, 1.807) is 0 Å². The lowest BCUT2D eigenvalue weighted by Crippen LogP contribution is -1.94. The molecule has 0 fully saturated rings. The van der Waals surface area contributed by atoms with Gasteiger partial charge in [-0.1, -0.05) is 45.4 Å². The topological polar surface area (TPSA) is 50.4 Å². The largest absolute Gasteiger partial charge is 0.481 e. The van der Waals surface area contributed by atoms with Crippen LogP contribution in [0.5, 0.6) is 0 Å². The fraction of sp³-hybridized carbons (Fsp3) is 0.722. The summed E-state index contributed by atoms with van der Waals surface area (Å²) in [5, 5.41) is 8.57. The van der Waals surface area contributed by atoms with Gasteiger partial charge < -0.3 is 9.52 Å². The molecule has 3 heteroatoms. The first-order valence-electron chi connectivity index (χ1n) is 8.51. The number of aliphatic carboxylic acids is 1. The SMILES string of the molecule is CCCCCCCCc1ccc(CCCCCC(=O)O)o1. The molecule has 0 aliphatic heterocycles. The van der Waals surface area contributed by atoms with Crippen molar-refractivity contribution in [3.63, 3.8) is 0 Å². The molecule has 1 rings (SSSR count). The Bertz CT molecular complexity index is 382. The number of carboxylic acids is 1. The van der Waals surface area contributed by atoms with Crippen LogP contribution in [-0.4, -0.2) is 11.1 Å². The lowest BCUT2D eigenvalue weighted by Gasteiger charge is -2.00. The molecule has 0 aromatic carbocycles. The molecular weight excluding hydrogens is 264 g/mol. The fourth-order valence-electron chi connectivity index (χ4n) is 2.52. The molecule has 120 valence electrons. The predicted octanol–water partition coefficient (Wildman–Crippen LogP) is 5.37. The van der Waals surface area contributed by atoms with Crippen molar-refractivity contribution < 1.29 is 14.3 Å². The predicted molar refractivity (Wildman–Crippen MR) is 85.6 cm³/mol. The molecular formula is C18H30O3. The summed E-state index contributed by atoms with van der Waals surface area (Å²) in [6, 6.07) is 4.17. The van der Waals surface area contributed by atoms with Crippen LogP contribution in [0.1, 0.15) is 82.7 Å². The van der Waals surface area contributed by atoms with Crippen LogP contribution >= 0.6 is 0 Å². The summed E-state index contributed by atoms with van der Waals surface area (Å²) in [4.78, 5) is 10.4. The minimum atomic E-state index is -0.700. The molecule has 1 aromatic heterocycles. The van der Waals surface area contributed by atoms with E-state index in [0.717, 1.165) is 43.6 Å². The first-order chi connectivity index (χ1) is 10.2. The van der Waals surface area contributed by atoms with E-state index in [0.29, 0.717) is 0 Å².